The SMILES string of the molecule is Cc1ccc(-c2nnn(C)n2)cc1-c1ccc(C=O)o1. The number of carbonyl (C=O) groups is 1. The Morgan fingerprint density at radius 3 is 2.75 bits per heavy atom. The van der Waals surface area contributed by atoms with Gasteiger partial charge in [0.1, 0.15) is 5.76 Å². The molecule has 0 amide bonds. The molecule has 0 radical (unpaired) electrons. The third-order valence-corrected chi connectivity index (χ3v) is 3.01. The van der Waals surface area contributed by atoms with E-state index in [1.54, 1.807) is 19.2 Å². The molecule has 100 valence electrons. The van der Waals surface area contributed by atoms with Crippen molar-refractivity contribution < 1.29 is 9.21 Å². The molecule has 2 aromatic heterocycles. The van der Waals surface area contributed by atoms with E-state index in [0.717, 1.165) is 16.7 Å². The first kappa shape index (κ1) is 12.3. The van der Waals surface area contributed by atoms with Crippen LogP contribution < -0.4 is 0 Å². The van der Waals surface area contributed by atoms with E-state index in [1.807, 2.05) is 25.1 Å². The summed E-state index contributed by atoms with van der Waals surface area (Å²) in [6.45, 7) is 1.98. The molecule has 0 saturated carbocycles. The number of aryl methyl sites for hydroxylation is 2. The summed E-state index contributed by atoms with van der Waals surface area (Å²) < 4.78 is 5.47. The Bertz CT molecular complexity index is 773. The highest BCUT2D eigenvalue weighted by Crippen LogP contribution is 2.28. The zero-order chi connectivity index (χ0) is 14.1. The van der Waals surface area contributed by atoms with Gasteiger partial charge in [0.15, 0.2) is 12.0 Å². The molecule has 6 heteroatoms. The number of aldehydes is 1. The van der Waals surface area contributed by atoms with Crippen LogP contribution >= 0.6 is 0 Å². The molecular weight excluding hydrogens is 256 g/mol. The Balaban J connectivity index is 2.08. The summed E-state index contributed by atoms with van der Waals surface area (Å²) in [6.07, 6.45) is 0.687. The normalized spacial score (nSPS) is 10.7. The second-order valence-electron chi connectivity index (χ2n) is 4.45. The first-order chi connectivity index (χ1) is 9.67. The average molecular weight is 268 g/mol. The Morgan fingerprint density at radius 2 is 2.10 bits per heavy atom. The highest BCUT2D eigenvalue weighted by atomic mass is 16.3. The molecule has 20 heavy (non-hydrogen) atoms. The molecule has 0 aliphatic rings. The number of tetrazole rings is 1. The van der Waals surface area contributed by atoms with Crippen LogP contribution in [0.3, 0.4) is 0 Å². The van der Waals surface area contributed by atoms with Crippen LogP contribution in [0.4, 0.5) is 0 Å². The molecule has 0 N–H and O–H groups in total. The second kappa shape index (κ2) is 4.73. The smallest absolute Gasteiger partial charge is 0.204 e. The minimum Gasteiger partial charge on any atom is -0.453 e. The van der Waals surface area contributed by atoms with Gasteiger partial charge < -0.3 is 4.42 Å². The lowest BCUT2D eigenvalue weighted by Crippen LogP contribution is -1.92. The number of hydrogen-bond acceptors (Lipinski definition) is 5. The van der Waals surface area contributed by atoms with Gasteiger partial charge in [0, 0.05) is 11.1 Å². The Kier molecular flexibility index (Phi) is 2.90. The van der Waals surface area contributed by atoms with Crippen molar-refractivity contribution in [2.75, 3.05) is 0 Å². The van der Waals surface area contributed by atoms with Gasteiger partial charge in [-0.15, -0.1) is 10.2 Å². The van der Waals surface area contributed by atoms with Crippen molar-refractivity contribution in [3.8, 4) is 22.7 Å². The molecule has 0 saturated heterocycles. The molecule has 0 bridgehead atoms. The molecule has 2 heterocycles. The molecule has 0 spiro atoms. The zero-order valence-corrected chi connectivity index (χ0v) is 11.1. The van der Waals surface area contributed by atoms with Gasteiger partial charge in [-0.3, -0.25) is 4.79 Å². The summed E-state index contributed by atoms with van der Waals surface area (Å²) in [6, 6.07) is 9.25. The van der Waals surface area contributed by atoms with Crippen LogP contribution in [0, 0.1) is 6.92 Å². The number of carbonyl (C=O) groups excluding carboxylic acids is 1. The van der Waals surface area contributed by atoms with Crippen LogP contribution in [0.1, 0.15) is 16.1 Å². The van der Waals surface area contributed by atoms with Gasteiger partial charge in [-0.25, -0.2) is 0 Å². The van der Waals surface area contributed by atoms with Crippen molar-refractivity contribution in [1.29, 1.82) is 0 Å². The van der Waals surface area contributed by atoms with E-state index in [9.17, 15) is 4.79 Å². The number of benzene rings is 1. The van der Waals surface area contributed by atoms with Crippen molar-refractivity contribution in [2.24, 2.45) is 7.05 Å². The lowest BCUT2D eigenvalue weighted by Gasteiger charge is -2.04. The van der Waals surface area contributed by atoms with E-state index < -0.39 is 0 Å². The van der Waals surface area contributed by atoms with Gasteiger partial charge >= 0.3 is 0 Å². The van der Waals surface area contributed by atoms with E-state index in [2.05, 4.69) is 15.4 Å². The molecule has 6 nitrogen and oxygen atoms in total. The van der Waals surface area contributed by atoms with Gasteiger partial charge in [0.25, 0.3) is 0 Å². The Morgan fingerprint density at radius 1 is 1.25 bits per heavy atom. The predicted molar refractivity (Wildman–Crippen MR) is 72.1 cm³/mol. The first-order valence-electron chi connectivity index (χ1n) is 6.08. The molecule has 1 aromatic carbocycles. The number of rotatable bonds is 3. The molecule has 0 aliphatic heterocycles. The van der Waals surface area contributed by atoms with Gasteiger partial charge in [-0.05, 0) is 35.9 Å². The zero-order valence-electron chi connectivity index (χ0n) is 11.1. The molecule has 0 fully saturated rings. The van der Waals surface area contributed by atoms with Crippen molar-refractivity contribution in [1.82, 2.24) is 20.2 Å². The summed E-state index contributed by atoms with van der Waals surface area (Å²) >= 11 is 0. The van der Waals surface area contributed by atoms with Crippen LogP contribution in [0.5, 0.6) is 0 Å². The number of furan rings is 1. The second-order valence-corrected chi connectivity index (χ2v) is 4.45. The van der Waals surface area contributed by atoms with Crippen molar-refractivity contribution in [3.05, 3.63) is 41.7 Å². The van der Waals surface area contributed by atoms with Crippen molar-refractivity contribution >= 4 is 6.29 Å². The largest absolute Gasteiger partial charge is 0.453 e. The van der Waals surface area contributed by atoms with E-state index in [4.69, 9.17) is 4.42 Å². The lowest BCUT2D eigenvalue weighted by molar-refractivity contribution is 0.110. The summed E-state index contributed by atoms with van der Waals surface area (Å²) in [7, 11) is 1.72. The topological polar surface area (TPSA) is 73.8 Å². The summed E-state index contributed by atoms with van der Waals surface area (Å²) in [5.74, 6) is 1.51. The van der Waals surface area contributed by atoms with E-state index in [1.165, 1.54) is 4.80 Å². The maximum atomic E-state index is 10.7. The fraction of sp³-hybridized carbons (Fsp3) is 0.143. The van der Waals surface area contributed by atoms with Crippen LogP contribution in [0.2, 0.25) is 0 Å². The first-order valence-corrected chi connectivity index (χ1v) is 6.08. The molecule has 3 aromatic rings. The fourth-order valence-electron chi connectivity index (χ4n) is 1.99. The van der Waals surface area contributed by atoms with E-state index >= 15 is 0 Å². The predicted octanol–water partition coefficient (Wildman–Crippen LogP) is 2.26. The summed E-state index contributed by atoms with van der Waals surface area (Å²) in [5.41, 5.74) is 2.80. The quantitative estimate of drug-likeness (QED) is 0.681. The van der Waals surface area contributed by atoms with Crippen LogP contribution in [0.15, 0.2) is 34.7 Å². The monoisotopic (exact) mass is 268 g/mol. The van der Waals surface area contributed by atoms with Gasteiger partial charge in [0.05, 0.1) is 7.05 Å². The minimum absolute atomic E-state index is 0.308. The van der Waals surface area contributed by atoms with Gasteiger partial charge in [0.2, 0.25) is 5.82 Å². The Labute approximate surface area is 115 Å². The van der Waals surface area contributed by atoms with E-state index in [0.29, 0.717) is 23.6 Å². The maximum Gasteiger partial charge on any atom is 0.204 e. The van der Waals surface area contributed by atoms with Crippen LogP contribution in [-0.2, 0) is 7.05 Å². The third-order valence-electron chi connectivity index (χ3n) is 3.01. The summed E-state index contributed by atoms with van der Waals surface area (Å²) in [4.78, 5) is 12.1. The van der Waals surface area contributed by atoms with Crippen molar-refractivity contribution in [3.63, 3.8) is 0 Å². The fourth-order valence-corrected chi connectivity index (χ4v) is 1.99. The maximum absolute atomic E-state index is 10.7. The number of aromatic nitrogens is 4. The molecular formula is C14H12N4O2. The lowest BCUT2D eigenvalue weighted by atomic mass is 10.0. The van der Waals surface area contributed by atoms with Crippen molar-refractivity contribution in [2.45, 2.75) is 6.92 Å². The van der Waals surface area contributed by atoms with Crippen LogP contribution in [0.25, 0.3) is 22.7 Å². The number of hydrogen-bond donors (Lipinski definition) is 0. The average Bonchev–Trinajstić information content (AvgIpc) is 3.08. The van der Waals surface area contributed by atoms with Gasteiger partial charge in [-0.1, -0.05) is 12.1 Å². The molecule has 0 aliphatic carbocycles. The Hall–Kier alpha value is -2.76. The van der Waals surface area contributed by atoms with Crippen LogP contribution in [-0.4, -0.2) is 26.5 Å². The van der Waals surface area contributed by atoms with Gasteiger partial charge in [-0.2, -0.15) is 4.80 Å². The number of nitrogens with zero attached hydrogens (tertiary/aromatic N) is 4. The molecule has 3 rings (SSSR count). The highest BCUT2D eigenvalue weighted by molar-refractivity contribution is 5.75. The summed E-state index contributed by atoms with van der Waals surface area (Å²) in [5, 5.41) is 12.0. The minimum atomic E-state index is 0.308. The molecule has 0 unspecified atom stereocenters. The molecule has 0 atom stereocenters. The van der Waals surface area contributed by atoms with E-state index in [-0.39, 0.29) is 0 Å². The highest BCUT2D eigenvalue weighted by Gasteiger charge is 2.11. The standard InChI is InChI=1S/C14H12N4O2/c1-9-3-4-10(14-15-17-18(2)16-14)7-12(9)13-6-5-11(8-19)20-13/h3-8H,1-2H3. The third kappa shape index (κ3) is 2.11.